The lowest BCUT2D eigenvalue weighted by Gasteiger charge is -2.27. The maximum Gasteiger partial charge on any atom is 0.224 e. The number of hydrogen-bond donors (Lipinski definition) is 1. The molecule has 16 heavy (non-hydrogen) atoms. The fraction of sp³-hybridized carbons (Fsp3) is 0.308. The van der Waals surface area contributed by atoms with Crippen LogP contribution in [-0.2, 0) is 11.2 Å². The second-order valence-electron chi connectivity index (χ2n) is 4.31. The number of halogens is 1. The van der Waals surface area contributed by atoms with Crippen molar-refractivity contribution in [2.45, 2.75) is 25.7 Å². The van der Waals surface area contributed by atoms with Gasteiger partial charge in [0, 0.05) is 17.1 Å². The minimum absolute atomic E-state index is 0.143. The third kappa shape index (κ3) is 1.54. The number of fused-ring (bicyclic) bond motifs is 2. The normalized spacial score (nSPS) is 18.9. The predicted molar refractivity (Wildman–Crippen MR) is 64.1 cm³/mol. The van der Waals surface area contributed by atoms with Gasteiger partial charge in [0.05, 0.1) is 0 Å². The van der Waals surface area contributed by atoms with Gasteiger partial charge in [-0.2, -0.15) is 0 Å². The molecule has 2 nitrogen and oxygen atoms in total. The molecule has 0 saturated heterocycles. The van der Waals surface area contributed by atoms with Crippen LogP contribution >= 0.6 is 11.6 Å². The van der Waals surface area contributed by atoms with Crippen molar-refractivity contribution in [3.8, 4) is 0 Å². The standard InChI is InChI=1S/C13H12ClNO/c14-9-3-1-8-2-5-12-10(11(8)7-9)4-6-13(16)15-12/h1,3,7H,2,4-6H2,(H,15,16). The van der Waals surface area contributed by atoms with Gasteiger partial charge in [-0.3, -0.25) is 4.79 Å². The predicted octanol–water partition coefficient (Wildman–Crippen LogP) is 2.91. The zero-order valence-corrected chi connectivity index (χ0v) is 9.60. The summed E-state index contributed by atoms with van der Waals surface area (Å²) >= 11 is 6.03. The van der Waals surface area contributed by atoms with Crippen molar-refractivity contribution in [2.75, 3.05) is 0 Å². The molecule has 3 heteroatoms. The summed E-state index contributed by atoms with van der Waals surface area (Å²) in [5.41, 5.74) is 4.96. The van der Waals surface area contributed by atoms with E-state index in [4.69, 9.17) is 11.6 Å². The van der Waals surface area contributed by atoms with Crippen LogP contribution in [-0.4, -0.2) is 5.91 Å². The highest BCUT2D eigenvalue weighted by atomic mass is 35.5. The summed E-state index contributed by atoms with van der Waals surface area (Å²) in [6.07, 6.45) is 3.36. The number of aryl methyl sites for hydroxylation is 1. The molecule has 0 spiro atoms. The van der Waals surface area contributed by atoms with Crippen LogP contribution in [0.25, 0.3) is 5.57 Å². The summed E-state index contributed by atoms with van der Waals surface area (Å²) in [6.45, 7) is 0. The highest BCUT2D eigenvalue weighted by Crippen LogP contribution is 2.36. The van der Waals surface area contributed by atoms with Crippen molar-refractivity contribution < 1.29 is 4.79 Å². The summed E-state index contributed by atoms with van der Waals surface area (Å²) in [7, 11) is 0. The van der Waals surface area contributed by atoms with Crippen molar-refractivity contribution in [1.29, 1.82) is 0 Å². The van der Waals surface area contributed by atoms with Gasteiger partial charge in [0.2, 0.25) is 5.91 Å². The van der Waals surface area contributed by atoms with E-state index in [1.165, 1.54) is 16.7 Å². The fourth-order valence-corrected chi connectivity index (χ4v) is 2.69. The van der Waals surface area contributed by atoms with Crippen LogP contribution < -0.4 is 5.32 Å². The van der Waals surface area contributed by atoms with E-state index in [9.17, 15) is 4.79 Å². The van der Waals surface area contributed by atoms with E-state index < -0.39 is 0 Å². The van der Waals surface area contributed by atoms with Gasteiger partial charge in [-0.15, -0.1) is 0 Å². The molecule has 1 N–H and O–H groups in total. The van der Waals surface area contributed by atoms with Crippen LogP contribution in [0.2, 0.25) is 5.02 Å². The number of allylic oxidation sites excluding steroid dienone is 2. The first kappa shape index (κ1) is 9.91. The fourth-order valence-electron chi connectivity index (χ4n) is 2.51. The zero-order chi connectivity index (χ0) is 11.1. The van der Waals surface area contributed by atoms with E-state index in [2.05, 4.69) is 11.4 Å². The molecule has 0 fully saturated rings. The van der Waals surface area contributed by atoms with E-state index in [1.807, 2.05) is 12.1 Å². The SMILES string of the molecule is O=C1CCC2=C(CCc3ccc(Cl)cc32)N1. The number of nitrogens with one attached hydrogen (secondary N) is 1. The highest BCUT2D eigenvalue weighted by Gasteiger charge is 2.24. The summed E-state index contributed by atoms with van der Waals surface area (Å²) in [4.78, 5) is 11.3. The Labute approximate surface area is 99.3 Å². The van der Waals surface area contributed by atoms with E-state index in [-0.39, 0.29) is 5.91 Å². The van der Waals surface area contributed by atoms with Gasteiger partial charge in [0.1, 0.15) is 0 Å². The summed E-state index contributed by atoms with van der Waals surface area (Å²) in [5, 5.41) is 3.74. The molecule has 2 aliphatic rings. The number of rotatable bonds is 0. The molecule has 1 aliphatic heterocycles. The van der Waals surface area contributed by atoms with Crippen molar-refractivity contribution in [2.24, 2.45) is 0 Å². The maximum absolute atomic E-state index is 11.3. The molecule has 3 rings (SSSR count). The maximum atomic E-state index is 11.3. The minimum atomic E-state index is 0.143. The van der Waals surface area contributed by atoms with Crippen molar-refractivity contribution >= 4 is 23.1 Å². The van der Waals surface area contributed by atoms with Gasteiger partial charge in [0.15, 0.2) is 0 Å². The van der Waals surface area contributed by atoms with E-state index in [0.29, 0.717) is 6.42 Å². The van der Waals surface area contributed by atoms with Gasteiger partial charge in [0.25, 0.3) is 0 Å². The second-order valence-corrected chi connectivity index (χ2v) is 4.74. The summed E-state index contributed by atoms with van der Waals surface area (Å²) < 4.78 is 0. The monoisotopic (exact) mass is 233 g/mol. The number of carbonyl (C=O) groups is 1. The summed E-state index contributed by atoms with van der Waals surface area (Å²) in [6, 6.07) is 6.05. The van der Waals surface area contributed by atoms with Gasteiger partial charge in [-0.1, -0.05) is 17.7 Å². The Bertz CT molecular complexity index is 505. The Balaban J connectivity index is 2.12. The first-order valence-electron chi connectivity index (χ1n) is 5.55. The molecule has 1 aromatic carbocycles. The topological polar surface area (TPSA) is 29.1 Å². The van der Waals surface area contributed by atoms with Gasteiger partial charge in [-0.05, 0) is 48.1 Å². The molecule has 1 amide bonds. The molecule has 1 aromatic rings. The average molecular weight is 234 g/mol. The molecule has 1 heterocycles. The molecule has 0 bridgehead atoms. The number of carbonyl (C=O) groups excluding carboxylic acids is 1. The lowest BCUT2D eigenvalue weighted by Crippen LogP contribution is -2.29. The van der Waals surface area contributed by atoms with Crippen LogP contribution in [0.3, 0.4) is 0 Å². The number of benzene rings is 1. The molecular weight excluding hydrogens is 222 g/mol. The molecule has 0 saturated carbocycles. The smallest absolute Gasteiger partial charge is 0.224 e. The Kier molecular flexibility index (Phi) is 2.25. The summed E-state index contributed by atoms with van der Waals surface area (Å²) in [5.74, 6) is 0.143. The third-order valence-electron chi connectivity index (χ3n) is 3.30. The minimum Gasteiger partial charge on any atom is -0.329 e. The van der Waals surface area contributed by atoms with Crippen LogP contribution in [0.1, 0.15) is 30.4 Å². The van der Waals surface area contributed by atoms with Crippen molar-refractivity contribution in [3.05, 3.63) is 40.0 Å². The molecular formula is C13H12ClNO. The Morgan fingerprint density at radius 1 is 1.12 bits per heavy atom. The first-order chi connectivity index (χ1) is 7.74. The highest BCUT2D eigenvalue weighted by molar-refractivity contribution is 6.30. The Morgan fingerprint density at radius 2 is 2.00 bits per heavy atom. The molecule has 0 radical (unpaired) electrons. The lowest BCUT2D eigenvalue weighted by molar-refractivity contribution is -0.120. The molecule has 0 aromatic heterocycles. The average Bonchev–Trinajstić information content (AvgIpc) is 2.28. The molecule has 0 atom stereocenters. The zero-order valence-electron chi connectivity index (χ0n) is 8.85. The Morgan fingerprint density at radius 3 is 2.88 bits per heavy atom. The van der Waals surface area contributed by atoms with Gasteiger partial charge < -0.3 is 5.32 Å². The first-order valence-corrected chi connectivity index (χ1v) is 5.92. The van der Waals surface area contributed by atoms with Crippen molar-refractivity contribution in [3.63, 3.8) is 0 Å². The van der Waals surface area contributed by atoms with Crippen LogP contribution in [0.15, 0.2) is 23.9 Å². The van der Waals surface area contributed by atoms with E-state index in [0.717, 1.165) is 30.0 Å². The molecule has 0 unspecified atom stereocenters. The van der Waals surface area contributed by atoms with E-state index in [1.54, 1.807) is 0 Å². The molecule has 1 aliphatic carbocycles. The van der Waals surface area contributed by atoms with Crippen molar-refractivity contribution in [1.82, 2.24) is 5.32 Å². The van der Waals surface area contributed by atoms with Gasteiger partial charge in [-0.25, -0.2) is 0 Å². The van der Waals surface area contributed by atoms with Crippen LogP contribution in [0.5, 0.6) is 0 Å². The third-order valence-corrected chi connectivity index (χ3v) is 3.53. The lowest BCUT2D eigenvalue weighted by atomic mass is 9.84. The number of hydrogen-bond acceptors (Lipinski definition) is 1. The van der Waals surface area contributed by atoms with Crippen LogP contribution in [0, 0.1) is 0 Å². The Hall–Kier alpha value is -1.28. The van der Waals surface area contributed by atoms with E-state index >= 15 is 0 Å². The van der Waals surface area contributed by atoms with Gasteiger partial charge >= 0.3 is 0 Å². The quantitative estimate of drug-likeness (QED) is 0.734. The second kappa shape index (κ2) is 3.63. The number of amides is 1. The van der Waals surface area contributed by atoms with Crippen LogP contribution in [0.4, 0.5) is 0 Å². The molecule has 82 valence electrons. The largest absolute Gasteiger partial charge is 0.329 e.